The molecule has 0 aromatic heterocycles. The summed E-state index contributed by atoms with van der Waals surface area (Å²) in [4.78, 5) is 2.40. The Morgan fingerprint density at radius 1 is 1.45 bits per heavy atom. The van der Waals surface area contributed by atoms with Crippen LogP contribution in [0.1, 0.15) is 36.9 Å². The topological polar surface area (TPSA) is 38.5 Å². The Labute approximate surface area is 123 Å². The van der Waals surface area contributed by atoms with Gasteiger partial charge in [-0.1, -0.05) is 29.8 Å². The number of nitrogens with zero attached hydrogens (tertiary/aromatic N) is 1. The van der Waals surface area contributed by atoms with Crippen molar-refractivity contribution in [2.24, 2.45) is 11.7 Å². The van der Waals surface area contributed by atoms with E-state index in [2.05, 4.69) is 50.1 Å². The Balaban J connectivity index is 2.07. The molecule has 1 aromatic carbocycles. The third kappa shape index (κ3) is 4.05. The van der Waals surface area contributed by atoms with Crippen molar-refractivity contribution in [1.29, 1.82) is 0 Å². The second-order valence-corrected chi connectivity index (χ2v) is 6.24. The fraction of sp³-hybridized carbons (Fsp3) is 0.647. The molecule has 112 valence electrons. The molecule has 0 amide bonds. The molecule has 1 aromatic rings. The zero-order valence-corrected chi connectivity index (χ0v) is 13.0. The van der Waals surface area contributed by atoms with Crippen LogP contribution in [0.4, 0.5) is 0 Å². The number of nitrogens with two attached hydrogens (primary N) is 1. The van der Waals surface area contributed by atoms with E-state index in [1.54, 1.807) is 0 Å². The van der Waals surface area contributed by atoms with E-state index >= 15 is 0 Å². The van der Waals surface area contributed by atoms with Gasteiger partial charge in [0.15, 0.2) is 0 Å². The first-order chi connectivity index (χ1) is 9.58. The highest BCUT2D eigenvalue weighted by atomic mass is 16.5. The summed E-state index contributed by atoms with van der Waals surface area (Å²) in [5.41, 5.74) is 8.86. The maximum atomic E-state index is 6.25. The molecule has 1 heterocycles. The van der Waals surface area contributed by atoms with Crippen LogP contribution in [0.25, 0.3) is 0 Å². The van der Waals surface area contributed by atoms with E-state index in [0.29, 0.717) is 5.92 Å². The van der Waals surface area contributed by atoms with Crippen molar-refractivity contribution in [3.05, 3.63) is 35.4 Å². The van der Waals surface area contributed by atoms with Crippen LogP contribution in [0, 0.1) is 12.8 Å². The lowest BCUT2D eigenvalue weighted by Gasteiger charge is -2.35. The zero-order chi connectivity index (χ0) is 14.5. The van der Waals surface area contributed by atoms with Crippen LogP contribution in [0.15, 0.2) is 24.3 Å². The molecule has 3 atom stereocenters. The monoisotopic (exact) mass is 276 g/mol. The van der Waals surface area contributed by atoms with Gasteiger partial charge in [0.25, 0.3) is 0 Å². The average Bonchev–Trinajstić information content (AvgIpc) is 2.39. The Bertz CT molecular complexity index is 413. The Morgan fingerprint density at radius 2 is 2.25 bits per heavy atom. The normalized spacial score (nSPS) is 22.8. The number of hydrogen-bond donors (Lipinski definition) is 1. The Morgan fingerprint density at radius 3 is 2.85 bits per heavy atom. The second-order valence-electron chi connectivity index (χ2n) is 6.24. The summed E-state index contributed by atoms with van der Waals surface area (Å²) in [5.74, 6) is 0.639. The maximum Gasteiger partial charge on any atom is 0.0506 e. The van der Waals surface area contributed by atoms with Crippen LogP contribution in [-0.2, 0) is 4.74 Å². The molecule has 3 nitrogen and oxygen atoms in total. The Hall–Kier alpha value is -0.900. The smallest absolute Gasteiger partial charge is 0.0506 e. The molecular weight excluding hydrogens is 248 g/mol. The number of hydrogen-bond acceptors (Lipinski definition) is 3. The first-order valence-electron chi connectivity index (χ1n) is 7.68. The lowest BCUT2D eigenvalue weighted by atomic mass is 9.95. The number of ether oxygens (including phenoxy) is 1. The fourth-order valence-corrected chi connectivity index (χ4v) is 3.29. The molecule has 0 radical (unpaired) electrons. The molecule has 0 bridgehead atoms. The molecule has 1 saturated heterocycles. The van der Waals surface area contributed by atoms with Crippen LogP contribution in [0.3, 0.4) is 0 Å². The highest BCUT2D eigenvalue weighted by Crippen LogP contribution is 2.25. The molecule has 1 aliphatic heterocycles. The van der Waals surface area contributed by atoms with Crippen LogP contribution < -0.4 is 5.73 Å². The number of benzene rings is 1. The van der Waals surface area contributed by atoms with Gasteiger partial charge in [-0.3, -0.25) is 4.90 Å². The molecule has 2 rings (SSSR count). The van der Waals surface area contributed by atoms with Gasteiger partial charge in [0.05, 0.1) is 6.61 Å². The van der Waals surface area contributed by atoms with Crippen molar-refractivity contribution in [2.45, 2.75) is 38.8 Å². The maximum absolute atomic E-state index is 6.25. The predicted molar refractivity (Wildman–Crippen MR) is 83.7 cm³/mol. The van der Waals surface area contributed by atoms with E-state index in [1.165, 1.54) is 24.0 Å². The number of likely N-dealkylation sites (N-methyl/N-ethyl adjacent to an activating group) is 1. The average molecular weight is 276 g/mol. The van der Waals surface area contributed by atoms with E-state index in [9.17, 15) is 0 Å². The molecule has 0 saturated carbocycles. The van der Waals surface area contributed by atoms with E-state index in [1.807, 2.05) is 0 Å². The minimum Gasteiger partial charge on any atom is -0.381 e. The van der Waals surface area contributed by atoms with E-state index in [-0.39, 0.29) is 12.1 Å². The Kier molecular flexibility index (Phi) is 5.58. The highest BCUT2D eigenvalue weighted by Gasteiger charge is 2.24. The van der Waals surface area contributed by atoms with Gasteiger partial charge in [-0.25, -0.2) is 0 Å². The lowest BCUT2D eigenvalue weighted by molar-refractivity contribution is 0.0344. The van der Waals surface area contributed by atoms with E-state index < -0.39 is 0 Å². The molecule has 1 fully saturated rings. The third-order valence-electron chi connectivity index (χ3n) is 4.16. The van der Waals surface area contributed by atoms with E-state index in [0.717, 1.165) is 19.8 Å². The van der Waals surface area contributed by atoms with Crippen LogP contribution in [0.2, 0.25) is 0 Å². The van der Waals surface area contributed by atoms with Gasteiger partial charge < -0.3 is 10.5 Å². The second kappa shape index (κ2) is 7.21. The summed E-state index contributed by atoms with van der Waals surface area (Å²) in [6.07, 6.45) is 2.45. The standard InChI is InChI=1S/C17H28N2O/c1-13-6-4-8-16(10-13)17(14(2)18)19(3)11-15-7-5-9-20-12-15/h4,6,8,10,14-15,17H,5,7,9,11-12,18H2,1-3H3. The number of rotatable bonds is 5. The quantitative estimate of drug-likeness (QED) is 0.898. The predicted octanol–water partition coefficient (Wildman–Crippen LogP) is 2.74. The summed E-state index contributed by atoms with van der Waals surface area (Å²) in [6, 6.07) is 9.09. The summed E-state index contributed by atoms with van der Waals surface area (Å²) < 4.78 is 5.59. The first kappa shape index (κ1) is 15.5. The fourth-order valence-electron chi connectivity index (χ4n) is 3.29. The van der Waals surface area contributed by atoms with Gasteiger partial charge in [-0.2, -0.15) is 0 Å². The molecule has 3 unspecified atom stereocenters. The molecule has 20 heavy (non-hydrogen) atoms. The molecule has 0 spiro atoms. The third-order valence-corrected chi connectivity index (χ3v) is 4.16. The number of aryl methyl sites for hydroxylation is 1. The molecular formula is C17H28N2O. The highest BCUT2D eigenvalue weighted by molar-refractivity contribution is 5.26. The minimum absolute atomic E-state index is 0.117. The van der Waals surface area contributed by atoms with Crippen LogP contribution >= 0.6 is 0 Å². The van der Waals surface area contributed by atoms with Crippen LogP contribution in [0.5, 0.6) is 0 Å². The summed E-state index contributed by atoms with van der Waals surface area (Å²) >= 11 is 0. The van der Waals surface area contributed by atoms with Gasteiger partial charge >= 0.3 is 0 Å². The summed E-state index contributed by atoms with van der Waals surface area (Å²) in [6.45, 7) is 7.11. The van der Waals surface area contributed by atoms with Crippen molar-refractivity contribution >= 4 is 0 Å². The first-order valence-corrected chi connectivity index (χ1v) is 7.68. The minimum atomic E-state index is 0.117. The molecule has 1 aliphatic rings. The zero-order valence-electron chi connectivity index (χ0n) is 13.0. The van der Waals surface area contributed by atoms with Gasteiger partial charge in [0.2, 0.25) is 0 Å². The van der Waals surface area contributed by atoms with Crippen molar-refractivity contribution < 1.29 is 4.74 Å². The van der Waals surface area contributed by atoms with Crippen molar-refractivity contribution in [3.8, 4) is 0 Å². The van der Waals surface area contributed by atoms with Crippen molar-refractivity contribution in [2.75, 3.05) is 26.8 Å². The summed E-state index contributed by atoms with van der Waals surface area (Å²) in [5, 5.41) is 0. The largest absolute Gasteiger partial charge is 0.381 e. The van der Waals surface area contributed by atoms with Crippen LogP contribution in [-0.4, -0.2) is 37.7 Å². The van der Waals surface area contributed by atoms with Gasteiger partial charge in [-0.15, -0.1) is 0 Å². The van der Waals surface area contributed by atoms with Gasteiger partial charge in [0, 0.05) is 25.2 Å². The van der Waals surface area contributed by atoms with Crippen molar-refractivity contribution in [1.82, 2.24) is 4.90 Å². The molecule has 3 heteroatoms. The molecule has 0 aliphatic carbocycles. The van der Waals surface area contributed by atoms with Crippen molar-refractivity contribution in [3.63, 3.8) is 0 Å². The summed E-state index contributed by atoms with van der Waals surface area (Å²) in [7, 11) is 2.19. The van der Waals surface area contributed by atoms with Gasteiger partial charge in [0.1, 0.15) is 0 Å². The van der Waals surface area contributed by atoms with Gasteiger partial charge in [-0.05, 0) is 45.2 Å². The SMILES string of the molecule is Cc1cccc(C(C(C)N)N(C)CC2CCCOC2)c1. The molecule has 2 N–H and O–H groups in total. The lowest BCUT2D eigenvalue weighted by Crippen LogP contribution is -2.41. The van der Waals surface area contributed by atoms with E-state index in [4.69, 9.17) is 10.5 Å².